The van der Waals surface area contributed by atoms with Crippen LogP contribution < -0.4 is 15.4 Å². The topological polar surface area (TPSA) is 103 Å². The van der Waals surface area contributed by atoms with Gasteiger partial charge in [-0.3, -0.25) is 4.79 Å². The number of methoxy groups -OCH3 is 2. The molecular weight excluding hydrogens is 376 g/mol. The zero-order valence-electron chi connectivity index (χ0n) is 16.3. The molecule has 0 bridgehead atoms. The number of carbonyl (C=O) groups is 3. The molecule has 1 atom stereocenters. The third-order valence-corrected chi connectivity index (χ3v) is 4.03. The SMILES string of the molecule is COC(=O)[C@@H](Cc1ccc(OC)cc1)NC(=O)CNC(=O)OCc1ccccc1. The predicted octanol–water partition coefficient (Wildman–Crippen LogP) is 1.82. The van der Waals surface area contributed by atoms with E-state index in [-0.39, 0.29) is 19.6 Å². The fraction of sp³-hybridized carbons (Fsp3) is 0.286. The molecule has 0 aromatic heterocycles. The van der Waals surface area contributed by atoms with Gasteiger partial charge in [-0.05, 0) is 23.3 Å². The summed E-state index contributed by atoms with van der Waals surface area (Å²) in [5.74, 6) is -0.433. The van der Waals surface area contributed by atoms with Crippen LogP contribution in [0, 0.1) is 0 Å². The molecule has 0 radical (unpaired) electrons. The number of carbonyl (C=O) groups excluding carboxylic acids is 3. The largest absolute Gasteiger partial charge is 0.497 e. The Morgan fingerprint density at radius 1 is 0.931 bits per heavy atom. The molecule has 2 amide bonds. The summed E-state index contributed by atoms with van der Waals surface area (Å²) in [6, 6.07) is 15.4. The van der Waals surface area contributed by atoms with Crippen molar-refractivity contribution in [1.29, 1.82) is 0 Å². The summed E-state index contributed by atoms with van der Waals surface area (Å²) in [5, 5.41) is 4.91. The molecule has 0 spiro atoms. The van der Waals surface area contributed by atoms with Crippen LogP contribution in [0.3, 0.4) is 0 Å². The molecule has 0 fully saturated rings. The first-order chi connectivity index (χ1) is 14.0. The van der Waals surface area contributed by atoms with Crippen LogP contribution in [0.15, 0.2) is 54.6 Å². The van der Waals surface area contributed by atoms with Crippen LogP contribution in [-0.4, -0.2) is 44.8 Å². The molecule has 2 N–H and O–H groups in total. The monoisotopic (exact) mass is 400 g/mol. The molecule has 154 valence electrons. The summed E-state index contributed by atoms with van der Waals surface area (Å²) in [6.07, 6.45) is -0.491. The molecule has 2 aromatic carbocycles. The molecule has 0 saturated carbocycles. The summed E-state index contributed by atoms with van der Waals surface area (Å²) in [6.45, 7) is -0.236. The first-order valence-corrected chi connectivity index (χ1v) is 8.96. The number of amides is 2. The van der Waals surface area contributed by atoms with Crippen molar-refractivity contribution in [2.75, 3.05) is 20.8 Å². The van der Waals surface area contributed by atoms with Gasteiger partial charge in [0.05, 0.1) is 14.2 Å². The van der Waals surface area contributed by atoms with Gasteiger partial charge in [-0.2, -0.15) is 0 Å². The van der Waals surface area contributed by atoms with Crippen molar-refractivity contribution in [3.63, 3.8) is 0 Å². The standard InChI is InChI=1S/C21H24N2O6/c1-27-17-10-8-15(9-11-17)12-18(20(25)28-2)23-19(24)13-22-21(26)29-14-16-6-4-3-5-7-16/h3-11,18H,12-14H2,1-2H3,(H,22,26)(H,23,24)/t18-/m1/s1. The van der Waals surface area contributed by atoms with Crippen LogP contribution in [0.2, 0.25) is 0 Å². The highest BCUT2D eigenvalue weighted by Crippen LogP contribution is 2.13. The summed E-state index contributed by atoms with van der Waals surface area (Å²) in [5.41, 5.74) is 1.65. The van der Waals surface area contributed by atoms with E-state index in [1.54, 1.807) is 31.4 Å². The first-order valence-electron chi connectivity index (χ1n) is 8.96. The minimum absolute atomic E-state index is 0.0938. The van der Waals surface area contributed by atoms with E-state index in [1.165, 1.54) is 7.11 Å². The zero-order valence-corrected chi connectivity index (χ0v) is 16.3. The van der Waals surface area contributed by atoms with Crippen molar-refractivity contribution >= 4 is 18.0 Å². The van der Waals surface area contributed by atoms with Crippen LogP contribution in [-0.2, 0) is 32.1 Å². The maximum Gasteiger partial charge on any atom is 0.407 e. The maximum atomic E-state index is 12.1. The third kappa shape index (κ3) is 7.53. The zero-order chi connectivity index (χ0) is 21.1. The fourth-order valence-electron chi connectivity index (χ4n) is 2.50. The number of hydrogen-bond acceptors (Lipinski definition) is 6. The van der Waals surface area contributed by atoms with Crippen molar-refractivity contribution in [3.05, 3.63) is 65.7 Å². The van der Waals surface area contributed by atoms with Gasteiger partial charge in [-0.25, -0.2) is 9.59 Å². The Kier molecular flexibility index (Phi) is 8.50. The summed E-state index contributed by atoms with van der Waals surface area (Å²) in [4.78, 5) is 35.9. The Labute approximate surface area is 169 Å². The lowest BCUT2D eigenvalue weighted by Gasteiger charge is -2.17. The van der Waals surface area contributed by atoms with E-state index >= 15 is 0 Å². The molecule has 29 heavy (non-hydrogen) atoms. The van der Waals surface area contributed by atoms with Gasteiger partial charge in [0.2, 0.25) is 5.91 Å². The Hall–Kier alpha value is -3.55. The molecule has 2 rings (SSSR count). The van der Waals surface area contributed by atoms with Gasteiger partial charge in [0, 0.05) is 6.42 Å². The fourth-order valence-corrected chi connectivity index (χ4v) is 2.50. The van der Waals surface area contributed by atoms with Crippen molar-refractivity contribution in [2.24, 2.45) is 0 Å². The smallest absolute Gasteiger partial charge is 0.407 e. The van der Waals surface area contributed by atoms with Gasteiger partial charge in [0.25, 0.3) is 0 Å². The van der Waals surface area contributed by atoms with Crippen molar-refractivity contribution in [2.45, 2.75) is 19.1 Å². The molecule has 0 heterocycles. The van der Waals surface area contributed by atoms with Gasteiger partial charge in [0.15, 0.2) is 0 Å². The summed E-state index contributed by atoms with van der Waals surface area (Å²) in [7, 11) is 2.80. The van der Waals surface area contributed by atoms with Crippen molar-refractivity contribution < 1.29 is 28.6 Å². The number of rotatable bonds is 9. The molecule has 8 nitrogen and oxygen atoms in total. The third-order valence-electron chi connectivity index (χ3n) is 4.03. The van der Waals surface area contributed by atoms with Crippen molar-refractivity contribution in [1.82, 2.24) is 10.6 Å². The molecule has 0 saturated heterocycles. The van der Waals surface area contributed by atoms with Gasteiger partial charge in [-0.15, -0.1) is 0 Å². The van der Waals surface area contributed by atoms with E-state index in [0.29, 0.717) is 5.75 Å². The predicted molar refractivity (Wildman–Crippen MR) is 105 cm³/mol. The van der Waals surface area contributed by atoms with Crippen LogP contribution in [0.4, 0.5) is 4.79 Å². The lowest BCUT2D eigenvalue weighted by molar-refractivity contribution is -0.144. The number of esters is 1. The minimum atomic E-state index is -0.886. The van der Waals surface area contributed by atoms with Crippen LogP contribution in [0.1, 0.15) is 11.1 Å². The summed E-state index contributed by atoms with van der Waals surface area (Å²) < 4.78 is 14.9. The Bertz CT molecular complexity index is 808. The van der Waals surface area contributed by atoms with Gasteiger partial charge in [0.1, 0.15) is 24.9 Å². The number of alkyl carbamates (subject to hydrolysis) is 1. The Balaban J connectivity index is 1.82. The number of nitrogens with one attached hydrogen (secondary N) is 2. The van der Waals surface area contributed by atoms with E-state index in [0.717, 1.165) is 11.1 Å². The van der Waals surface area contributed by atoms with Crippen LogP contribution in [0.25, 0.3) is 0 Å². The highest BCUT2D eigenvalue weighted by atomic mass is 16.5. The number of ether oxygens (including phenoxy) is 3. The molecule has 8 heteroatoms. The average Bonchev–Trinajstić information content (AvgIpc) is 2.76. The highest BCUT2D eigenvalue weighted by molar-refractivity contribution is 5.87. The average molecular weight is 400 g/mol. The second kappa shape index (κ2) is 11.3. The van der Waals surface area contributed by atoms with Gasteiger partial charge in [-0.1, -0.05) is 42.5 Å². The number of hydrogen-bond donors (Lipinski definition) is 2. The van der Waals surface area contributed by atoms with E-state index in [4.69, 9.17) is 14.2 Å². The molecule has 2 aromatic rings. The first kappa shape index (κ1) is 21.7. The van der Waals surface area contributed by atoms with Gasteiger partial charge >= 0.3 is 12.1 Å². The van der Waals surface area contributed by atoms with Crippen LogP contribution >= 0.6 is 0 Å². The minimum Gasteiger partial charge on any atom is -0.497 e. The second-order valence-electron chi connectivity index (χ2n) is 6.11. The molecule has 0 aliphatic carbocycles. The molecule has 0 aliphatic rings. The quantitative estimate of drug-likeness (QED) is 0.623. The van der Waals surface area contributed by atoms with E-state index in [2.05, 4.69) is 10.6 Å². The highest BCUT2D eigenvalue weighted by Gasteiger charge is 2.22. The lowest BCUT2D eigenvalue weighted by Crippen LogP contribution is -2.47. The van der Waals surface area contributed by atoms with Crippen LogP contribution in [0.5, 0.6) is 5.75 Å². The molecular formula is C21H24N2O6. The lowest BCUT2D eigenvalue weighted by atomic mass is 10.1. The number of benzene rings is 2. The van der Waals surface area contributed by atoms with Crippen molar-refractivity contribution in [3.8, 4) is 5.75 Å². The van der Waals surface area contributed by atoms with E-state index in [9.17, 15) is 14.4 Å². The Morgan fingerprint density at radius 2 is 1.62 bits per heavy atom. The second-order valence-corrected chi connectivity index (χ2v) is 6.11. The maximum absolute atomic E-state index is 12.1. The molecule has 0 aliphatic heterocycles. The Morgan fingerprint density at radius 3 is 2.24 bits per heavy atom. The summed E-state index contributed by atoms with van der Waals surface area (Å²) >= 11 is 0. The van der Waals surface area contributed by atoms with E-state index < -0.39 is 24.0 Å². The molecule has 0 unspecified atom stereocenters. The van der Waals surface area contributed by atoms with Gasteiger partial charge < -0.3 is 24.8 Å². The van der Waals surface area contributed by atoms with E-state index in [1.807, 2.05) is 30.3 Å². The normalized spacial score (nSPS) is 11.1.